The third-order valence-corrected chi connectivity index (χ3v) is 3.06. The van der Waals surface area contributed by atoms with Gasteiger partial charge in [-0.25, -0.2) is 4.79 Å². The first-order valence-electron chi connectivity index (χ1n) is 7.93. The van der Waals surface area contributed by atoms with Crippen molar-refractivity contribution >= 4 is 11.9 Å². The van der Waals surface area contributed by atoms with E-state index in [1.54, 1.807) is 20.8 Å². The predicted octanol–water partition coefficient (Wildman–Crippen LogP) is 3.45. The molecule has 7 nitrogen and oxygen atoms in total. The smallest absolute Gasteiger partial charge is 0.407 e. The molecule has 0 saturated heterocycles. The minimum absolute atomic E-state index is 0.109. The summed E-state index contributed by atoms with van der Waals surface area (Å²) in [7, 11) is 0. The first kappa shape index (κ1) is 18.5. The van der Waals surface area contributed by atoms with Gasteiger partial charge in [-0.15, -0.1) is 0 Å². The fourth-order valence-corrected chi connectivity index (χ4v) is 2.09. The SMILES string of the molecule is CC(=O)c1c(OCCNC(=O)OC(C)(C)C)noc1-c1ccccc1. The highest BCUT2D eigenvalue weighted by atomic mass is 16.6. The van der Waals surface area contributed by atoms with Gasteiger partial charge in [-0.05, 0) is 32.9 Å². The highest BCUT2D eigenvalue weighted by Crippen LogP contribution is 2.30. The van der Waals surface area contributed by atoms with Gasteiger partial charge in [0.1, 0.15) is 17.8 Å². The number of hydrogen-bond acceptors (Lipinski definition) is 6. The minimum Gasteiger partial charge on any atom is -0.473 e. The monoisotopic (exact) mass is 346 g/mol. The van der Waals surface area contributed by atoms with Crippen LogP contribution in [0, 0.1) is 0 Å². The Bertz CT molecular complexity index is 732. The van der Waals surface area contributed by atoms with E-state index in [1.165, 1.54) is 6.92 Å². The summed E-state index contributed by atoms with van der Waals surface area (Å²) < 4.78 is 15.9. The quantitative estimate of drug-likeness (QED) is 0.636. The lowest BCUT2D eigenvalue weighted by molar-refractivity contribution is 0.0519. The van der Waals surface area contributed by atoms with E-state index in [4.69, 9.17) is 14.0 Å². The Kier molecular flexibility index (Phi) is 5.80. The van der Waals surface area contributed by atoms with Crippen molar-refractivity contribution in [2.24, 2.45) is 0 Å². The Morgan fingerprint density at radius 3 is 2.48 bits per heavy atom. The lowest BCUT2D eigenvalue weighted by Crippen LogP contribution is -2.34. The first-order valence-corrected chi connectivity index (χ1v) is 7.93. The van der Waals surface area contributed by atoms with Gasteiger partial charge in [0, 0.05) is 5.56 Å². The molecule has 1 aromatic heterocycles. The molecule has 2 aromatic rings. The largest absolute Gasteiger partial charge is 0.473 e. The molecule has 0 spiro atoms. The van der Waals surface area contributed by atoms with E-state index in [0.717, 1.165) is 5.56 Å². The number of aromatic nitrogens is 1. The molecule has 0 saturated carbocycles. The molecular formula is C18H22N2O5. The maximum absolute atomic E-state index is 11.9. The van der Waals surface area contributed by atoms with Gasteiger partial charge in [-0.2, -0.15) is 0 Å². The summed E-state index contributed by atoms with van der Waals surface area (Å²) >= 11 is 0. The number of hydrogen-bond donors (Lipinski definition) is 1. The number of carbonyl (C=O) groups is 2. The minimum atomic E-state index is -0.566. The van der Waals surface area contributed by atoms with Gasteiger partial charge < -0.3 is 19.3 Å². The second-order valence-electron chi connectivity index (χ2n) is 6.39. The van der Waals surface area contributed by atoms with Crippen LogP contribution in [0.5, 0.6) is 5.88 Å². The molecule has 1 N–H and O–H groups in total. The van der Waals surface area contributed by atoms with Gasteiger partial charge in [0.15, 0.2) is 11.5 Å². The van der Waals surface area contributed by atoms with Crippen LogP contribution in [-0.4, -0.2) is 35.8 Å². The fourth-order valence-electron chi connectivity index (χ4n) is 2.09. The van der Waals surface area contributed by atoms with Crippen LogP contribution in [0.2, 0.25) is 0 Å². The Morgan fingerprint density at radius 2 is 1.88 bits per heavy atom. The Hall–Kier alpha value is -2.83. The molecular weight excluding hydrogens is 324 g/mol. The Morgan fingerprint density at radius 1 is 1.20 bits per heavy atom. The number of Topliss-reactive ketones (excluding diaryl/α,β-unsaturated/α-hetero) is 1. The molecule has 1 amide bonds. The Labute approximate surface area is 146 Å². The van der Waals surface area contributed by atoms with Crippen LogP contribution in [-0.2, 0) is 4.74 Å². The molecule has 25 heavy (non-hydrogen) atoms. The topological polar surface area (TPSA) is 90.7 Å². The second-order valence-corrected chi connectivity index (χ2v) is 6.39. The number of nitrogens with zero attached hydrogens (tertiary/aromatic N) is 1. The first-order chi connectivity index (χ1) is 11.8. The zero-order chi connectivity index (χ0) is 18.4. The second kappa shape index (κ2) is 7.83. The van der Waals surface area contributed by atoms with Crippen LogP contribution in [0.3, 0.4) is 0 Å². The van der Waals surface area contributed by atoms with Gasteiger partial charge in [-0.1, -0.05) is 30.3 Å². The van der Waals surface area contributed by atoms with Crippen LogP contribution >= 0.6 is 0 Å². The average Bonchev–Trinajstić information content (AvgIpc) is 2.95. The van der Waals surface area contributed by atoms with E-state index in [1.807, 2.05) is 30.3 Å². The molecule has 134 valence electrons. The summed E-state index contributed by atoms with van der Waals surface area (Å²) in [4.78, 5) is 23.5. The van der Waals surface area contributed by atoms with Gasteiger partial charge in [0.25, 0.3) is 5.88 Å². The lowest BCUT2D eigenvalue weighted by atomic mass is 10.1. The third-order valence-electron chi connectivity index (χ3n) is 3.06. The zero-order valence-corrected chi connectivity index (χ0v) is 14.8. The van der Waals surface area contributed by atoms with Crippen LogP contribution in [0.25, 0.3) is 11.3 Å². The average molecular weight is 346 g/mol. The summed E-state index contributed by atoms with van der Waals surface area (Å²) in [5.41, 5.74) is 0.453. The van der Waals surface area contributed by atoms with Gasteiger partial charge >= 0.3 is 6.09 Å². The maximum Gasteiger partial charge on any atom is 0.407 e. The van der Waals surface area contributed by atoms with E-state index < -0.39 is 11.7 Å². The van der Waals surface area contributed by atoms with E-state index in [-0.39, 0.29) is 30.4 Å². The number of nitrogens with one attached hydrogen (secondary N) is 1. The lowest BCUT2D eigenvalue weighted by Gasteiger charge is -2.19. The van der Waals surface area contributed by atoms with Crippen molar-refractivity contribution in [2.45, 2.75) is 33.3 Å². The Balaban J connectivity index is 1.98. The molecule has 0 fully saturated rings. The molecule has 7 heteroatoms. The van der Waals surface area contributed by atoms with Crippen molar-refractivity contribution in [1.29, 1.82) is 0 Å². The van der Waals surface area contributed by atoms with Crippen molar-refractivity contribution in [1.82, 2.24) is 10.5 Å². The van der Waals surface area contributed by atoms with E-state index in [2.05, 4.69) is 10.5 Å². The highest BCUT2D eigenvalue weighted by Gasteiger charge is 2.22. The van der Waals surface area contributed by atoms with Crippen LogP contribution in [0.15, 0.2) is 34.9 Å². The van der Waals surface area contributed by atoms with E-state index in [0.29, 0.717) is 5.76 Å². The molecule has 0 bridgehead atoms. The number of ketones is 1. The molecule has 0 radical (unpaired) electrons. The fraction of sp³-hybridized carbons (Fsp3) is 0.389. The van der Waals surface area contributed by atoms with Crippen LogP contribution < -0.4 is 10.1 Å². The van der Waals surface area contributed by atoms with Crippen molar-refractivity contribution in [3.8, 4) is 17.2 Å². The number of carbonyl (C=O) groups excluding carboxylic acids is 2. The molecule has 1 aromatic carbocycles. The predicted molar refractivity (Wildman–Crippen MR) is 91.7 cm³/mol. The van der Waals surface area contributed by atoms with Crippen molar-refractivity contribution in [2.75, 3.05) is 13.2 Å². The normalized spacial score (nSPS) is 11.0. The number of rotatable bonds is 6. The number of benzene rings is 1. The molecule has 0 aliphatic carbocycles. The summed E-state index contributed by atoms with van der Waals surface area (Å²) in [6, 6.07) is 9.19. The van der Waals surface area contributed by atoms with Crippen molar-refractivity contribution < 1.29 is 23.6 Å². The number of alkyl carbamates (subject to hydrolysis) is 1. The van der Waals surface area contributed by atoms with E-state index in [9.17, 15) is 9.59 Å². The van der Waals surface area contributed by atoms with Gasteiger partial charge in [-0.3, -0.25) is 4.79 Å². The maximum atomic E-state index is 11.9. The molecule has 2 rings (SSSR count). The van der Waals surface area contributed by atoms with E-state index >= 15 is 0 Å². The summed E-state index contributed by atoms with van der Waals surface area (Å²) in [6.07, 6.45) is -0.534. The number of ether oxygens (including phenoxy) is 2. The summed E-state index contributed by atoms with van der Waals surface area (Å²) in [6.45, 7) is 7.10. The molecule has 0 aliphatic heterocycles. The summed E-state index contributed by atoms with van der Waals surface area (Å²) in [5, 5.41) is 6.40. The van der Waals surface area contributed by atoms with Crippen LogP contribution in [0.1, 0.15) is 38.1 Å². The number of amides is 1. The van der Waals surface area contributed by atoms with Crippen molar-refractivity contribution in [3.05, 3.63) is 35.9 Å². The molecule has 0 atom stereocenters. The molecule has 1 heterocycles. The van der Waals surface area contributed by atoms with Crippen molar-refractivity contribution in [3.63, 3.8) is 0 Å². The third kappa shape index (κ3) is 5.34. The summed E-state index contributed by atoms with van der Waals surface area (Å²) in [5.74, 6) is 0.260. The molecule has 0 aliphatic rings. The van der Waals surface area contributed by atoms with Gasteiger partial charge in [0.2, 0.25) is 0 Å². The van der Waals surface area contributed by atoms with Crippen LogP contribution in [0.4, 0.5) is 4.79 Å². The standard InChI is InChI=1S/C18H22N2O5/c1-12(21)14-15(13-8-6-5-7-9-13)25-20-16(14)23-11-10-19-17(22)24-18(2,3)4/h5-9H,10-11H2,1-4H3,(H,19,22). The molecule has 0 unspecified atom stereocenters. The highest BCUT2D eigenvalue weighted by molar-refractivity contribution is 6.01. The van der Waals surface area contributed by atoms with Gasteiger partial charge in [0.05, 0.1) is 6.54 Å². The zero-order valence-electron chi connectivity index (χ0n) is 14.8.